The average molecular weight is 395 g/mol. The molecule has 144 valence electrons. The molecule has 2 amide bonds. The number of oxazole rings is 1. The summed E-state index contributed by atoms with van der Waals surface area (Å²) in [4.78, 5) is 31.3. The minimum Gasteiger partial charge on any atom is -0.440 e. The standard InChI is InChI=1S/C21H21N3O3S/c1-14-17(23-21(27-14)18-4-3-11-28-18)12-19(25)22-13-15-6-8-16(9-7-15)24-10-2-5-20(24)26/h3-4,6-9,11H,2,5,10,12-13H2,1H3,(H,22,25). The summed E-state index contributed by atoms with van der Waals surface area (Å²) in [6, 6.07) is 11.6. The summed E-state index contributed by atoms with van der Waals surface area (Å²) in [5.74, 6) is 1.29. The molecule has 1 aliphatic heterocycles. The Morgan fingerprint density at radius 1 is 1.29 bits per heavy atom. The Kier molecular flexibility index (Phi) is 5.25. The molecule has 1 aliphatic rings. The number of thiophene rings is 1. The fourth-order valence-electron chi connectivity index (χ4n) is 3.23. The van der Waals surface area contributed by atoms with Gasteiger partial charge in [0.25, 0.3) is 0 Å². The lowest BCUT2D eigenvalue weighted by Gasteiger charge is -2.16. The van der Waals surface area contributed by atoms with Crippen molar-refractivity contribution in [2.75, 3.05) is 11.4 Å². The summed E-state index contributed by atoms with van der Waals surface area (Å²) < 4.78 is 5.68. The van der Waals surface area contributed by atoms with Crippen LogP contribution in [0.5, 0.6) is 0 Å². The van der Waals surface area contributed by atoms with E-state index in [4.69, 9.17) is 4.42 Å². The van der Waals surface area contributed by atoms with E-state index in [9.17, 15) is 9.59 Å². The van der Waals surface area contributed by atoms with E-state index in [-0.39, 0.29) is 18.2 Å². The molecule has 1 saturated heterocycles. The molecular formula is C21H21N3O3S. The lowest BCUT2D eigenvalue weighted by Crippen LogP contribution is -2.25. The number of aromatic nitrogens is 1. The van der Waals surface area contributed by atoms with E-state index in [1.165, 1.54) is 0 Å². The number of benzene rings is 1. The van der Waals surface area contributed by atoms with E-state index < -0.39 is 0 Å². The van der Waals surface area contributed by atoms with E-state index in [1.54, 1.807) is 16.2 Å². The molecule has 7 heteroatoms. The highest BCUT2D eigenvalue weighted by Crippen LogP contribution is 2.26. The molecule has 0 spiro atoms. The molecule has 3 heterocycles. The number of carbonyl (C=O) groups excluding carboxylic acids is 2. The van der Waals surface area contributed by atoms with Crippen LogP contribution in [0.3, 0.4) is 0 Å². The van der Waals surface area contributed by atoms with Crippen molar-refractivity contribution >= 4 is 28.8 Å². The second-order valence-corrected chi connectivity index (χ2v) is 7.72. The summed E-state index contributed by atoms with van der Waals surface area (Å²) in [7, 11) is 0. The molecule has 0 saturated carbocycles. The zero-order chi connectivity index (χ0) is 19.5. The summed E-state index contributed by atoms with van der Waals surface area (Å²) in [5, 5.41) is 4.88. The number of nitrogens with zero attached hydrogens (tertiary/aromatic N) is 2. The third-order valence-electron chi connectivity index (χ3n) is 4.76. The first-order chi connectivity index (χ1) is 13.6. The van der Waals surface area contributed by atoms with E-state index in [0.717, 1.165) is 29.1 Å². The lowest BCUT2D eigenvalue weighted by molar-refractivity contribution is -0.120. The largest absolute Gasteiger partial charge is 0.440 e. The maximum absolute atomic E-state index is 12.3. The predicted molar refractivity (Wildman–Crippen MR) is 108 cm³/mol. The van der Waals surface area contributed by atoms with Gasteiger partial charge in [0.1, 0.15) is 5.76 Å². The van der Waals surface area contributed by atoms with Crippen molar-refractivity contribution in [3.05, 3.63) is 58.8 Å². The van der Waals surface area contributed by atoms with Crippen LogP contribution in [0.15, 0.2) is 46.2 Å². The molecule has 3 aromatic rings. The van der Waals surface area contributed by atoms with Crippen molar-refractivity contribution in [2.24, 2.45) is 0 Å². The first-order valence-corrected chi connectivity index (χ1v) is 10.1. The van der Waals surface area contributed by atoms with Crippen molar-refractivity contribution in [3.63, 3.8) is 0 Å². The van der Waals surface area contributed by atoms with Gasteiger partial charge in [0, 0.05) is 25.2 Å². The average Bonchev–Trinajstić information content (AvgIpc) is 3.43. The highest BCUT2D eigenvalue weighted by molar-refractivity contribution is 7.13. The van der Waals surface area contributed by atoms with Crippen LogP contribution in [0.25, 0.3) is 10.8 Å². The fourth-order valence-corrected chi connectivity index (χ4v) is 3.88. The zero-order valence-electron chi connectivity index (χ0n) is 15.6. The molecule has 4 rings (SSSR count). The number of amides is 2. The van der Waals surface area contributed by atoms with E-state index in [1.807, 2.05) is 48.7 Å². The van der Waals surface area contributed by atoms with Crippen LogP contribution in [-0.4, -0.2) is 23.3 Å². The van der Waals surface area contributed by atoms with Gasteiger partial charge < -0.3 is 14.6 Å². The maximum atomic E-state index is 12.3. The Bertz CT molecular complexity index is 977. The number of hydrogen-bond donors (Lipinski definition) is 1. The van der Waals surface area contributed by atoms with E-state index in [0.29, 0.717) is 30.3 Å². The van der Waals surface area contributed by atoms with Crippen molar-refractivity contribution in [1.82, 2.24) is 10.3 Å². The number of hydrogen-bond acceptors (Lipinski definition) is 5. The van der Waals surface area contributed by atoms with Gasteiger partial charge in [-0.3, -0.25) is 9.59 Å². The summed E-state index contributed by atoms with van der Waals surface area (Å²) in [6.07, 6.45) is 1.71. The van der Waals surface area contributed by atoms with Gasteiger partial charge in [0.2, 0.25) is 17.7 Å². The van der Waals surface area contributed by atoms with Crippen LogP contribution < -0.4 is 10.2 Å². The zero-order valence-corrected chi connectivity index (χ0v) is 16.4. The fraction of sp³-hybridized carbons (Fsp3) is 0.286. The molecule has 1 aromatic carbocycles. The summed E-state index contributed by atoms with van der Waals surface area (Å²) in [6.45, 7) is 3.03. The molecule has 0 atom stereocenters. The number of nitrogens with one attached hydrogen (secondary N) is 1. The number of aryl methyl sites for hydroxylation is 1. The summed E-state index contributed by atoms with van der Waals surface area (Å²) >= 11 is 1.55. The van der Waals surface area contributed by atoms with Crippen LogP contribution >= 0.6 is 11.3 Å². The van der Waals surface area contributed by atoms with Crippen molar-refractivity contribution < 1.29 is 14.0 Å². The maximum Gasteiger partial charge on any atom is 0.236 e. The molecule has 0 aliphatic carbocycles. The lowest BCUT2D eigenvalue weighted by atomic mass is 10.2. The van der Waals surface area contributed by atoms with Gasteiger partial charge in [0.15, 0.2) is 0 Å². The Labute approximate surface area is 167 Å². The summed E-state index contributed by atoms with van der Waals surface area (Å²) in [5.41, 5.74) is 2.56. The number of carbonyl (C=O) groups is 2. The van der Waals surface area contributed by atoms with Gasteiger partial charge in [0.05, 0.1) is 17.0 Å². The second kappa shape index (κ2) is 7.98. The molecule has 2 aromatic heterocycles. The SMILES string of the molecule is Cc1oc(-c2cccs2)nc1CC(=O)NCc1ccc(N2CCCC2=O)cc1. The third-order valence-corrected chi connectivity index (χ3v) is 5.62. The van der Waals surface area contributed by atoms with Gasteiger partial charge in [-0.2, -0.15) is 0 Å². The molecule has 0 radical (unpaired) electrons. The Balaban J connectivity index is 1.33. The van der Waals surface area contributed by atoms with Crippen LogP contribution in [0.2, 0.25) is 0 Å². The minimum atomic E-state index is -0.104. The molecule has 6 nitrogen and oxygen atoms in total. The van der Waals surface area contributed by atoms with Crippen LogP contribution in [0.4, 0.5) is 5.69 Å². The molecule has 1 N–H and O–H groups in total. The predicted octanol–water partition coefficient (Wildman–Crippen LogP) is 3.70. The van der Waals surface area contributed by atoms with Crippen LogP contribution in [-0.2, 0) is 22.6 Å². The van der Waals surface area contributed by atoms with Gasteiger partial charge in [-0.15, -0.1) is 11.3 Å². The second-order valence-electron chi connectivity index (χ2n) is 6.77. The van der Waals surface area contributed by atoms with Crippen molar-refractivity contribution in [1.29, 1.82) is 0 Å². The van der Waals surface area contributed by atoms with Gasteiger partial charge in [-0.1, -0.05) is 18.2 Å². The molecule has 0 unspecified atom stereocenters. The van der Waals surface area contributed by atoms with Gasteiger partial charge in [-0.05, 0) is 42.5 Å². The molecular weight excluding hydrogens is 374 g/mol. The van der Waals surface area contributed by atoms with E-state index in [2.05, 4.69) is 10.3 Å². The minimum absolute atomic E-state index is 0.104. The quantitative estimate of drug-likeness (QED) is 0.691. The van der Waals surface area contributed by atoms with Crippen LogP contribution in [0.1, 0.15) is 29.9 Å². The Morgan fingerprint density at radius 3 is 2.79 bits per heavy atom. The first kappa shape index (κ1) is 18.4. The Hall–Kier alpha value is -2.93. The topological polar surface area (TPSA) is 75.4 Å². The third kappa shape index (κ3) is 3.99. The Morgan fingerprint density at radius 2 is 2.11 bits per heavy atom. The number of anilines is 1. The van der Waals surface area contributed by atoms with Crippen molar-refractivity contribution in [2.45, 2.75) is 32.7 Å². The highest BCUT2D eigenvalue weighted by atomic mass is 32.1. The van der Waals surface area contributed by atoms with Crippen LogP contribution in [0, 0.1) is 6.92 Å². The van der Waals surface area contributed by atoms with Gasteiger partial charge in [-0.25, -0.2) is 4.98 Å². The smallest absolute Gasteiger partial charge is 0.236 e. The molecule has 1 fully saturated rings. The highest BCUT2D eigenvalue weighted by Gasteiger charge is 2.21. The monoisotopic (exact) mass is 395 g/mol. The first-order valence-electron chi connectivity index (χ1n) is 9.26. The van der Waals surface area contributed by atoms with E-state index >= 15 is 0 Å². The molecule has 28 heavy (non-hydrogen) atoms. The normalized spacial score (nSPS) is 13.9. The molecule has 0 bridgehead atoms. The van der Waals surface area contributed by atoms with Gasteiger partial charge >= 0.3 is 0 Å². The van der Waals surface area contributed by atoms with Crippen molar-refractivity contribution in [3.8, 4) is 10.8 Å². The number of rotatable bonds is 6.